The van der Waals surface area contributed by atoms with Crippen LogP contribution in [0.5, 0.6) is 5.75 Å². The molecule has 1 heterocycles. The summed E-state index contributed by atoms with van der Waals surface area (Å²) in [6.45, 7) is 2.53. The molecule has 0 spiro atoms. The number of phenolic OH excluding ortho intramolecular Hbond substituents is 1. The molecule has 20 heavy (non-hydrogen) atoms. The monoisotopic (exact) mass is 279 g/mol. The minimum Gasteiger partial charge on any atom is -0.508 e. The average molecular weight is 279 g/mol. The van der Waals surface area contributed by atoms with E-state index in [2.05, 4.69) is 5.32 Å². The Kier molecular flexibility index (Phi) is 4.62. The summed E-state index contributed by atoms with van der Waals surface area (Å²) in [5.74, 6) is 0.0671. The van der Waals surface area contributed by atoms with E-state index in [9.17, 15) is 15.0 Å². The van der Waals surface area contributed by atoms with Gasteiger partial charge in [-0.2, -0.15) is 0 Å². The fourth-order valence-electron chi connectivity index (χ4n) is 2.31. The Hall–Kier alpha value is -1.59. The van der Waals surface area contributed by atoms with Crippen molar-refractivity contribution in [3.8, 4) is 5.75 Å². The summed E-state index contributed by atoms with van der Waals surface area (Å²) in [7, 11) is 0. The summed E-state index contributed by atoms with van der Waals surface area (Å²) >= 11 is 0. The molecule has 5 nitrogen and oxygen atoms in total. The molecule has 2 atom stereocenters. The zero-order valence-corrected chi connectivity index (χ0v) is 11.6. The Morgan fingerprint density at radius 2 is 2.25 bits per heavy atom. The number of nitrogens with one attached hydrogen (secondary N) is 1. The Bertz CT molecular complexity index is 477. The molecule has 5 heteroatoms. The zero-order valence-electron chi connectivity index (χ0n) is 11.6. The summed E-state index contributed by atoms with van der Waals surface area (Å²) in [5.41, 5.74) is -0.219. The molecule has 0 aromatic heterocycles. The number of rotatable bonds is 5. The summed E-state index contributed by atoms with van der Waals surface area (Å²) in [5, 5.41) is 22.6. The van der Waals surface area contributed by atoms with Crippen molar-refractivity contribution in [3.63, 3.8) is 0 Å². The largest absolute Gasteiger partial charge is 0.508 e. The molecule has 0 aliphatic carbocycles. The van der Waals surface area contributed by atoms with Gasteiger partial charge < -0.3 is 20.3 Å². The first-order valence-corrected chi connectivity index (χ1v) is 6.89. The van der Waals surface area contributed by atoms with Crippen molar-refractivity contribution < 1.29 is 19.7 Å². The van der Waals surface area contributed by atoms with Crippen LogP contribution in [0.3, 0.4) is 0 Å². The predicted molar refractivity (Wildman–Crippen MR) is 74.4 cm³/mol. The molecule has 0 saturated carbocycles. The molecular weight excluding hydrogens is 258 g/mol. The van der Waals surface area contributed by atoms with Gasteiger partial charge in [0.1, 0.15) is 11.4 Å². The molecule has 0 radical (unpaired) electrons. The number of hydrogen-bond donors (Lipinski definition) is 3. The lowest BCUT2D eigenvalue weighted by Crippen LogP contribution is -2.47. The Morgan fingerprint density at radius 3 is 2.90 bits per heavy atom. The van der Waals surface area contributed by atoms with E-state index in [1.807, 2.05) is 6.07 Å². The van der Waals surface area contributed by atoms with Crippen LogP contribution in [0.15, 0.2) is 24.3 Å². The first kappa shape index (κ1) is 14.8. The quantitative estimate of drug-likeness (QED) is 0.751. The number of ether oxygens (including phenoxy) is 1. The van der Waals surface area contributed by atoms with Crippen LogP contribution in [0.2, 0.25) is 0 Å². The second-order valence-corrected chi connectivity index (χ2v) is 5.27. The number of phenols is 1. The molecule has 1 fully saturated rings. The maximum absolute atomic E-state index is 11.8. The Morgan fingerprint density at radius 1 is 1.50 bits per heavy atom. The predicted octanol–water partition coefficient (Wildman–Crippen LogP) is 0.981. The molecule has 110 valence electrons. The van der Waals surface area contributed by atoms with E-state index in [1.165, 1.54) is 0 Å². The third-order valence-corrected chi connectivity index (χ3v) is 3.86. The number of aliphatic hydroxyl groups is 1. The van der Waals surface area contributed by atoms with Gasteiger partial charge in [-0.1, -0.05) is 18.2 Å². The van der Waals surface area contributed by atoms with Gasteiger partial charge in [0.2, 0.25) is 5.91 Å². The number of benzene rings is 1. The normalized spacial score (nSPS) is 25.6. The van der Waals surface area contributed by atoms with Crippen molar-refractivity contribution >= 4 is 5.91 Å². The summed E-state index contributed by atoms with van der Waals surface area (Å²) in [6, 6.07) is 6.97. The van der Waals surface area contributed by atoms with E-state index < -0.39 is 5.60 Å². The van der Waals surface area contributed by atoms with Gasteiger partial charge in [0, 0.05) is 26.0 Å². The van der Waals surface area contributed by atoms with Crippen molar-refractivity contribution in [2.45, 2.75) is 37.9 Å². The topological polar surface area (TPSA) is 78.8 Å². The van der Waals surface area contributed by atoms with Crippen LogP contribution in [0, 0.1) is 0 Å². The molecular formula is C15H21NO4. The maximum atomic E-state index is 11.8. The standard InChI is InChI=1S/C15H21NO4/c1-11-15(19,8-9-20-11)10-16-14(18)7-6-12-4-2-3-5-13(12)17/h2-5,11,17,19H,6-10H2,1H3,(H,16,18). The summed E-state index contributed by atoms with van der Waals surface area (Å²) < 4.78 is 5.31. The fraction of sp³-hybridized carbons (Fsp3) is 0.533. The van der Waals surface area contributed by atoms with Gasteiger partial charge in [0.15, 0.2) is 0 Å². The molecule has 0 bridgehead atoms. The van der Waals surface area contributed by atoms with Gasteiger partial charge >= 0.3 is 0 Å². The fourth-order valence-corrected chi connectivity index (χ4v) is 2.31. The van der Waals surface area contributed by atoms with Crippen LogP contribution in [0.25, 0.3) is 0 Å². The van der Waals surface area contributed by atoms with Crippen LogP contribution in [-0.2, 0) is 16.0 Å². The Balaban J connectivity index is 1.77. The number of carbonyl (C=O) groups is 1. The molecule has 1 aliphatic rings. The highest BCUT2D eigenvalue weighted by Crippen LogP contribution is 2.24. The number of carbonyl (C=O) groups excluding carboxylic acids is 1. The van der Waals surface area contributed by atoms with Crippen molar-refractivity contribution in [2.24, 2.45) is 0 Å². The van der Waals surface area contributed by atoms with Gasteiger partial charge in [0.25, 0.3) is 0 Å². The van der Waals surface area contributed by atoms with E-state index in [0.29, 0.717) is 19.4 Å². The van der Waals surface area contributed by atoms with Gasteiger partial charge in [0.05, 0.1) is 6.10 Å². The lowest BCUT2D eigenvalue weighted by Gasteiger charge is -2.26. The first-order chi connectivity index (χ1) is 9.51. The molecule has 2 rings (SSSR count). The van der Waals surface area contributed by atoms with Crippen molar-refractivity contribution in [1.29, 1.82) is 0 Å². The second-order valence-electron chi connectivity index (χ2n) is 5.27. The molecule has 1 saturated heterocycles. The van der Waals surface area contributed by atoms with Crippen molar-refractivity contribution in [1.82, 2.24) is 5.32 Å². The van der Waals surface area contributed by atoms with E-state index in [-0.39, 0.29) is 30.7 Å². The van der Waals surface area contributed by atoms with E-state index in [0.717, 1.165) is 5.56 Å². The molecule has 1 amide bonds. The Labute approximate surface area is 118 Å². The zero-order chi connectivity index (χ0) is 14.6. The lowest BCUT2D eigenvalue weighted by molar-refractivity contribution is -0.122. The highest BCUT2D eigenvalue weighted by atomic mass is 16.5. The van der Waals surface area contributed by atoms with Crippen LogP contribution in [-0.4, -0.2) is 41.0 Å². The maximum Gasteiger partial charge on any atom is 0.220 e. The number of aryl methyl sites for hydroxylation is 1. The highest BCUT2D eigenvalue weighted by molar-refractivity contribution is 5.76. The molecule has 1 aliphatic heterocycles. The number of para-hydroxylation sites is 1. The van der Waals surface area contributed by atoms with Crippen molar-refractivity contribution in [2.75, 3.05) is 13.2 Å². The summed E-state index contributed by atoms with van der Waals surface area (Å²) in [6.07, 6.45) is 1.03. The minimum absolute atomic E-state index is 0.138. The molecule has 3 N–H and O–H groups in total. The van der Waals surface area contributed by atoms with Crippen LogP contribution in [0.4, 0.5) is 0 Å². The third-order valence-electron chi connectivity index (χ3n) is 3.86. The SMILES string of the molecule is CC1OCCC1(O)CNC(=O)CCc1ccccc1O. The smallest absolute Gasteiger partial charge is 0.220 e. The molecule has 1 aromatic carbocycles. The second kappa shape index (κ2) is 6.24. The van der Waals surface area contributed by atoms with E-state index in [1.54, 1.807) is 25.1 Å². The van der Waals surface area contributed by atoms with Crippen molar-refractivity contribution in [3.05, 3.63) is 29.8 Å². The average Bonchev–Trinajstić information content (AvgIpc) is 2.76. The van der Waals surface area contributed by atoms with Gasteiger partial charge in [-0.05, 0) is 25.0 Å². The summed E-state index contributed by atoms with van der Waals surface area (Å²) in [4.78, 5) is 11.8. The number of aromatic hydroxyl groups is 1. The number of amides is 1. The lowest BCUT2D eigenvalue weighted by atomic mass is 9.96. The van der Waals surface area contributed by atoms with E-state index in [4.69, 9.17) is 4.74 Å². The highest BCUT2D eigenvalue weighted by Gasteiger charge is 2.39. The van der Waals surface area contributed by atoms with Gasteiger partial charge in [-0.3, -0.25) is 4.79 Å². The van der Waals surface area contributed by atoms with Gasteiger partial charge in [-0.25, -0.2) is 0 Å². The van der Waals surface area contributed by atoms with Crippen LogP contribution in [0.1, 0.15) is 25.3 Å². The molecule has 2 unspecified atom stereocenters. The van der Waals surface area contributed by atoms with Gasteiger partial charge in [-0.15, -0.1) is 0 Å². The van der Waals surface area contributed by atoms with E-state index >= 15 is 0 Å². The van der Waals surface area contributed by atoms with Crippen LogP contribution < -0.4 is 5.32 Å². The number of hydrogen-bond acceptors (Lipinski definition) is 4. The first-order valence-electron chi connectivity index (χ1n) is 6.89. The molecule has 1 aromatic rings. The minimum atomic E-state index is -0.968. The van der Waals surface area contributed by atoms with Crippen LogP contribution >= 0.6 is 0 Å². The third kappa shape index (κ3) is 3.49.